The molecule has 0 spiro atoms. The molecule has 0 aromatic heterocycles. The van der Waals surface area contributed by atoms with Crippen LogP contribution < -0.4 is 5.32 Å². The van der Waals surface area contributed by atoms with Gasteiger partial charge in [-0.2, -0.15) is 13.2 Å². The lowest BCUT2D eigenvalue weighted by molar-refractivity contribution is -0.143. The van der Waals surface area contributed by atoms with Gasteiger partial charge in [-0.1, -0.05) is 46.3 Å². The maximum Gasteiger partial charge on any atom is 0.416 e. The highest BCUT2D eigenvalue weighted by atomic mass is 79.9. The molecule has 1 atom stereocenters. The van der Waals surface area contributed by atoms with Gasteiger partial charge in [0.2, 0.25) is 0 Å². The van der Waals surface area contributed by atoms with E-state index in [0.29, 0.717) is 11.1 Å². The predicted molar refractivity (Wildman–Crippen MR) is 120 cm³/mol. The molecular formula is C24H19BrF3NO4. The summed E-state index contributed by atoms with van der Waals surface area (Å²) in [5.41, 5.74) is 0.705. The molecular weight excluding hydrogens is 503 g/mol. The largest absolute Gasteiger partial charge is 0.507 e. The molecule has 3 aromatic carbocycles. The van der Waals surface area contributed by atoms with Gasteiger partial charge in [-0.3, -0.25) is 4.79 Å². The van der Waals surface area contributed by atoms with Gasteiger partial charge in [0.1, 0.15) is 11.8 Å². The van der Waals surface area contributed by atoms with Gasteiger partial charge < -0.3 is 15.2 Å². The summed E-state index contributed by atoms with van der Waals surface area (Å²) >= 11 is 3.33. The second kappa shape index (κ2) is 10.1. The van der Waals surface area contributed by atoms with E-state index in [1.54, 1.807) is 24.3 Å². The number of aromatic hydroxyl groups is 1. The topological polar surface area (TPSA) is 75.6 Å². The fourth-order valence-electron chi connectivity index (χ4n) is 3.18. The third kappa shape index (κ3) is 6.13. The van der Waals surface area contributed by atoms with Crippen molar-refractivity contribution in [3.63, 3.8) is 0 Å². The molecule has 0 bridgehead atoms. The van der Waals surface area contributed by atoms with E-state index in [9.17, 15) is 27.9 Å². The Morgan fingerprint density at radius 3 is 2.18 bits per heavy atom. The molecule has 0 heterocycles. The molecule has 33 heavy (non-hydrogen) atoms. The fraction of sp³-hybridized carbons (Fsp3) is 0.167. The van der Waals surface area contributed by atoms with Gasteiger partial charge in [-0.05, 0) is 53.1 Å². The molecule has 5 nitrogen and oxygen atoms in total. The van der Waals surface area contributed by atoms with Crippen molar-refractivity contribution in [1.82, 2.24) is 5.32 Å². The van der Waals surface area contributed by atoms with Crippen LogP contribution in [0.2, 0.25) is 0 Å². The number of hydrogen-bond donors (Lipinski definition) is 2. The molecule has 1 amide bonds. The minimum absolute atomic E-state index is 0.128. The normalized spacial score (nSPS) is 12.2. The van der Waals surface area contributed by atoms with Crippen LogP contribution in [0.5, 0.6) is 5.75 Å². The van der Waals surface area contributed by atoms with Crippen molar-refractivity contribution in [3.8, 4) is 16.9 Å². The third-order valence-corrected chi connectivity index (χ3v) is 5.46. The first kappa shape index (κ1) is 24.3. The zero-order valence-corrected chi connectivity index (χ0v) is 18.9. The second-order valence-electron chi connectivity index (χ2n) is 7.19. The number of esters is 1. The molecule has 0 saturated carbocycles. The second-order valence-corrected chi connectivity index (χ2v) is 8.10. The number of amides is 1. The zero-order chi connectivity index (χ0) is 24.2. The standard InChI is InChI=1S/C24H19BrF3NO4/c1-33-23(32)20(12-14-2-9-18(25)10-3-14)29-22(31)19-13-16(6-11-21(19)30)15-4-7-17(8-5-15)24(26,27)28/h2-11,13,20,30H,12H2,1H3,(H,29,31)/t20-/m0/s1. The van der Waals surface area contributed by atoms with Crippen LogP contribution in [-0.4, -0.2) is 30.1 Å². The van der Waals surface area contributed by atoms with Gasteiger partial charge in [0.25, 0.3) is 5.91 Å². The molecule has 0 aliphatic carbocycles. The number of methoxy groups -OCH3 is 1. The van der Waals surface area contributed by atoms with Crippen molar-refractivity contribution in [2.75, 3.05) is 7.11 Å². The third-order valence-electron chi connectivity index (χ3n) is 4.93. The van der Waals surface area contributed by atoms with Crippen LogP contribution >= 0.6 is 15.9 Å². The molecule has 0 aliphatic heterocycles. The van der Waals surface area contributed by atoms with E-state index in [1.807, 2.05) is 0 Å². The number of rotatable bonds is 6. The first-order valence-corrected chi connectivity index (χ1v) is 10.5. The maximum atomic E-state index is 12.9. The highest BCUT2D eigenvalue weighted by molar-refractivity contribution is 9.10. The monoisotopic (exact) mass is 521 g/mol. The minimum Gasteiger partial charge on any atom is -0.507 e. The number of phenolic OH excluding ortho intramolecular Hbond substituents is 1. The Balaban J connectivity index is 1.84. The quantitative estimate of drug-likeness (QED) is 0.428. The zero-order valence-electron chi connectivity index (χ0n) is 17.3. The minimum atomic E-state index is -4.46. The number of carbonyl (C=O) groups is 2. The summed E-state index contributed by atoms with van der Waals surface area (Å²) in [6.45, 7) is 0. The summed E-state index contributed by atoms with van der Waals surface area (Å²) in [6.07, 6.45) is -4.30. The SMILES string of the molecule is COC(=O)[C@H](Cc1ccc(Br)cc1)NC(=O)c1cc(-c2ccc(C(F)(F)F)cc2)ccc1O. The maximum absolute atomic E-state index is 12.9. The summed E-state index contributed by atoms with van der Waals surface area (Å²) in [6, 6.07) is 14.7. The van der Waals surface area contributed by atoms with Gasteiger partial charge in [0.05, 0.1) is 18.2 Å². The Labute approximate surface area is 196 Å². The van der Waals surface area contributed by atoms with Crippen LogP contribution in [0.3, 0.4) is 0 Å². The van der Waals surface area contributed by atoms with Crippen molar-refractivity contribution in [3.05, 3.63) is 87.9 Å². The van der Waals surface area contributed by atoms with Crippen molar-refractivity contribution in [2.45, 2.75) is 18.6 Å². The molecule has 0 fully saturated rings. The molecule has 172 valence electrons. The predicted octanol–water partition coefficient (Wildman–Crippen LogP) is 5.35. The van der Waals surface area contributed by atoms with Gasteiger partial charge >= 0.3 is 12.1 Å². The molecule has 3 rings (SSSR count). The number of carbonyl (C=O) groups excluding carboxylic acids is 2. The van der Waals surface area contributed by atoms with Crippen LogP contribution in [0, 0.1) is 0 Å². The van der Waals surface area contributed by atoms with Crippen LogP contribution in [0.4, 0.5) is 13.2 Å². The van der Waals surface area contributed by atoms with E-state index in [-0.39, 0.29) is 17.7 Å². The van der Waals surface area contributed by atoms with E-state index >= 15 is 0 Å². The van der Waals surface area contributed by atoms with E-state index in [1.165, 1.54) is 37.4 Å². The first-order valence-electron chi connectivity index (χ1n) is 9.72. The van der Waals surface area contributed by atoms with Crippen molar-refractivity contribution in [2.24, 2.45) is 0 Å². The van der Waals surface area contributed by atoms with E-state index in [2.05, 4.69) is 21.2 Å². The molecule has 3 aromatic rings. The Hall–Kier alpha value is -3.33. The van der Waals surface area contributed by atoms with Crippen LogP contribution in [0.1, 0.15) is 21.5 Å². The fourth-order valence-corrected chi connectivity index (χ4v) is 3.44. The number of nitrogens with one attached hydrogen (secondary N) is 1. The summed E-state index contributed by atoms with van der Waals surface area (Å²) in [7, 11) is 1.20. The molecule has 9 heteroatoms. The van der Waals surface area contributed by atoms with Gasteiger partial charge in [-0.25, -0.2) is 4.79 Å². The Kier molecular flexibility index (Phi) is 7.43. The summed E-state index contributed by atoms with van der Waals surface area (Å²) < 4.78 is 44.1. The average Bonchev–Trinajstić information content (AvgIpc) is 2.79. The van der Waals surface area contributed by atoms with Crippen molar-refractivity contribution in [1.29, 1.82) is 0 Å². The van der Waals surface area contributed by atoms with Crippen LogP contribution in [0.25, 0.3) is 11.1 Å². The molecule has 0 aliphatic rings. The van der Waals surface area contributed by atoms with Crippen LogP contribution in [-0.2, 0) is 22.1 Å². The Morgan fingerprint density at radius 2 is 1.61 bits per heavy atom. The lowest BCUT2D eigenvalue weighted by atomic mass is 10.00. The van der Waals surface area contributed by atoms with E-state index < -0.39 is 29.7 Å². The van der Waals surface area contributed by atoms with E-state index in [4.69, 9.17) is 4.74 Å². The summed E-state index contributed by atoms with van der Waals surface area (Å²) in [5, 5.41) is 12.8. The Morgan fingerprint density at radius 1 is 1.00 bits per heavy atom. The number of ether oxygens (including phenoxy) is 1. The lowest BCUT2D eigenvalue weighted by Crippen LogP contribution is -2.43. The first-order chi connectivity index (χ1) is 15.6. The number of phenols is 1. The van der Waals surface area contributed by atoms with Crippen LogP contribution in [0.15, 0.2) is 71.2 Å². The van der Waals surface area contributed by atoms with Crippen molar-refractivity contribution >= 4 is 27.8 Å². The Bertz CT molecular complexity index is 1150. The molecule has 0 unspecified atom stereocenters. The molecule has 0 saturated heterocycles. The lowest BCUT2D eigenvalue weighted by Gasteiger charge is -2.17. The van der Waals surface area contributed by atoms with Gasteiger partial charge in [-0.15, -0.1) is 0 Å². The smallest absolute Gasteiger partial charge is 0.416 e. The number of halogens is 4. The number of benzene rings is 3. The highest BCUT2D eigenvalue weighted by Gasteiger charge is 2.30. The molecule has 0 radical (unpaired) electrons. The summed E-state index contributed by atoms with van der Waals surface area (Å²) in [4.78, 5) is 25.1. The summed E-state index contributed by atoms with van der Waals surface area (Å²) in [5.74, 6) is -1.73. The van der Waals surface area contributed by atoms with Gasteiger partial charge in [0, 0.05) is 10.9 Å². The number of alkyl halides is 3. The van der Waals surface area contributed by atoms with E-state index in [0.717, 1.165) is 22.2 Å². The molecule has 2 N–H and O–H groups in total. The van der Waals surface area contributed by atoms with Gasteiger partial charge in [0.15, 0.2) is 0 Å². The van der Waals surface area contributed by atoms with Crippen molar-refractivity contribution < 1.29 is 32.6 Å². The number of hydrogen-bond acceptors (Lipinski definition) is 4. The highest BCUT2D eigenvalue weighted by Crippen LogP contribution is 2.32. The average molecular weight is 522 g/mol.